The van der Waals surface area contributed by atoms with Crippen LogP contribution in [0.15, 0.2) is 24.3 Å². The molecule has 0 saturated heterocycles. The Morgan fingerprint density at radius 2 is 2.24 bits per heavy atom. The van der Waals surface area contributed by atoms with E-state index in [-0.39, 0.29) is 11.8 Å². The molecule has 2 rings (SSSR count). The fourth-order valence-electron chi connectivity index (χ4n) is 1.52. The molecule has 0 fully saturated rings. The zero-order valence-electron chi connectivity index (χ0n) is 10.1. The smallest absolute Gasteiger partial charge is 0.223 e. The van der Waals surface area contributed by atoms with E-state index in [2.05, 4.69) is 10.3 Å². The molecule has 3 nitrogen and oxygen atoms in total. The Labute approximate surface area is 105 Å². The van der Waals surface area contributed by atoms with Crippen molar-refractivity contribution in [2.75, 3.05) is 0 Å². The van der Waals surface area contributed by atoms with E-state index in [4.69, 9.17) is 0 Å². The van der Waals surface area contributed by atoms with Gasteiger partial charge in [-0.25, -0.2) is 4.98 Å². The topological polar surface area (TPSA) is 42.0 Å². The van der Waals surface area contributed by atoms with E-state index >= 15 is 0 Å². The molecule has 0 unspecified atom stereocenters. The van der Waals surface area contributed by atoms with Crippen molar-refractivity contribution in [3.05, 3.63) is 29.3 Å². The highest BCUT2D eigenvalue weighted by Crippen LogP contribution is 2.21. The molecule has 0 aliphatic carbocycles. The maximum absolute atomic E-state index is 11.6. The van der Waals surface area contributed by atoms with Crippen LogP contribution >= 0.6 is 11.3 Å². The minimum Gasteiger partial charge on any atom is -0.349 e. The van der Waals surface area contributed by atoms with Gasteiger partial charge in [-0.05, 0) is 18.6 Å². The summed E-state index contributed by atoms with van der Waals surface area (Å²) >= 11 is 1.63. The molecular formula is C13H16N2OS. The Bertz CT molecular complexity index is 488. The van der Waals surface area contributed by atoms with Gasteiger partial charge >= 0.3 is 0 Å². The van der Waals surface area contributed by atoms with Crippen LogP contribution in [0, 0.1) is 5.92 Å². The number of benzene rings is 1. The Kier molecular flexibility index (Phi) is 3.74. The third kappa shape index (κ3) is 2.82. The number of carbonyl (C=O) groups is 1. The molecule has 4 heteroatoms. The van der Waals surface area contributed by atoms with E-state index in [0.29, 0.717) is 6.54 Å². The maximum atomic E-state index is 11.6. The molecule has 1 aromatic heterocycles. The maximum Gasteiger partial charge on any atom is 0.223 e. The van der Waals surface area contributed by atoms with Crippen molar-refractivity contribution in [3.63, 3.8) is 0 Å². The first-order chi connectivity index (χ1) is 8.20. The highest BCUT2D eigenvalue weighted by Gasteiger charge is 2.10. The predicted molar refractivity (Wildman–Crippen MR) is 70.9 cm³/mol. The Morgan fingerprint density at radius 3 is 2.94 bits per heavy atom. The van der Waals surface area contributed by atoms with Crippen LogP contribution in [-0.4, -0.2) is 10.9 Å². The second kappa shape index (κ2) is 5.27. The summed E-state index contributed by atoms with van der Waals surface area (Å²) in [6.45, 7) is 4.48. The Balaban J connectivity index is 2.02. The summed E-state index contributed by atoms with van der Waals surface area (Å²) in [5.41, 5.74) is 1.00. The van der Waals surface area contributed by atoms with Gasteiger partial charge < -0.3 is 5.32 Å². The second-order valence-electron chi connectivity index (χ2n) is 4.10. The lowest BCUT2D eigenvalue weighted by molar-refractivity contribution is -0.124. The van der Waals surface area contributed by atoms with Gasteiger partial charge in [-0.15, -0.1) is 11.3 Å². The monoisotopic (exact) mass is 248 g/mol. The first-order valence-electron chi connectivity index (χ1n) is 5.83. The van der Waals surface area contributed by atoms with E-state index in [9.17, 15) is 4.79 Å². The number of fused-ring (bicyclic) bond motifs is 1. The fraction of sp³-hybridized carbons (Fsp3) is 0.385. The van der Waals surface area contributed by atoms with Crippen LogP contribution in [-0.2, 0) is 11.3 Å². The predicted octanol–water partition coefficient (Wildman–Crippen LogP) is 2.96. The lowest BCUT2D eigenvalue weighted by atomic mass is 10.1. The lowest BCUT2D eigenvalue weighted by Gasteiger charge is -2.07. The van der Waals surface area contributed by atoms with Crippen LogP contribution in [0.25, 0.3) is 10.2 Å². The number of carbonyl (C=O) groups excluding carboxylic acids is 1. The zero-order chi connectivity index (χ0) is 12.3. The van der Waals surface area contributed by atoms with Gasteiger partial charge in [0.25, 0.3) is 0 Å². The number of amides is 1. The van der Waals surface area contributed by atoms with Crippen LogP contribution in [0.5, 0.6) is 0 Å². The summed E-state index contributed by atoms with van der Waals surface area (Å²) in [5, 5.41) is 3.88. The van der Waals surface area contributed by atoms with E-state index in [1.807, 2.05) is 38.1 Å². The fourth-order valence-corrected chi connectivity index (χ4v) is 2.42. The Morgan fingerprint density at radius 1 is 1.47 bits per heavy atom. The first-order valence-corrected chi connectivity index (χ1v) is 6.64. The van der Waals surface area contributed by atoms with Crippen LogP contribution < -0.4 is 5.32 Å². The highest BCUT2D eigenvalue weighted by molar-refractivity contribution is 7.18. The van der Waals surface area contributed by atoms with E-state index < -0.39 is 0 Å². The molecule has 1 amide bonds. The molecular weight excluding hydrogens is 232 g/mol. The number of thiazole rings is 1. The van der Waals surface area contributed by atoms with Gasteiger partial charge in [-0.2, -0.15) is 0 Å². The van der Waals surface area contributed by atoms with Gasteiger partial charge in [0.1, 0.15) is 5.01 Å². The molecule has 17 heavy (non-hydrogen) atoms. The van der Waals surface area contributed by atoms with Gasteiger partial charge in [-0.1, -0.05) is 26.0 Å². The third-order valence-corrected chi connectivity index (χ3v) is 3.85. The molecule has 0 spiro atoms. The molecule has 90 valence electrons. The molecule has 1 atom stereocenters. The summed E-state index contributed by atoms with van der Waals surface area (Å²) < 4.78 is 1.17. The molecule has 1 aromatic carbocycles. The molecule has 0 aliphatic heterocycles. The summed E-state index contributed by atoms with van der Waals surface area (Å²) in [6, 6.07) is 8.02. The van der Waals surface area contributed by atoms with Crippen molar-refractivity contribution in [3.8, 4) is 0 Å². The van der Waals surface area contributed by atoms with E-state index in [1.165, 1.54) is 4.70 Å². The molecule has 0 aliphatic rings. The Hall–Kier alpha value is -1.42. The SMILES string of the molecule is CC[C@@H](C)C(=O)NCc1nc2ccccc2s1. The number of para-hydroxylation sites is 1. The average Bonchev–Trinajstić information content (AvgIpc) is 2.77. The quantitative estimate of drug-likeness (QED) is 0.904. The zero-order valence-corrected chi connectivity index (χ0v) is 10.9. The van der Waals surface area contributed by atoms with Crippen molar-refractivity contribution in [2.24, 2.45) is 5.92 Å². The van der Waals surface area contributed by atoms with Crippen LogP contribution in [0.1, 0.15) is 25.3 Å². The largest absolute Gasteiger partial charge is 0.349 e. The molecule has 2 aromatic rings. The van der Waals surface area contributed by atoms with Crippen molar-refractivity contribution in [1.29, 1.82) is 0 Å². The average molecular weight is 248 g/mol. The molecule has 0 bridgehead atoms. The summed E-state index contributed by atoms with van der Waals surface area (Å²) in [6.07, 6.45) is 0.867. The minimum absolute atomic E-state index is 0.0735. The van der Waals surface area contributed by atoms with E-state index in [0.717, 1.165) is 16.9 Å². The number of nitrogens with one attached hydrogen (secondary N) is 1. The second-order valence-corrected chi connectivity index (χ2v) is 5.22. The van der Waals surface area contributed by atoms with Crippen molar-refractivity contribution >= 4 is 27.5 Å². The van der Waals surface area contributed by atoms with Gasteiger partial charge in [-0.3, -0.25) is 4.79 Å². The molecule has 1 N–H and O–H groups in total. The summed E-state index contributed by atoms with van der Waals surface area (Å²) in [5.74, 6) is 0.177. The normalized spacial score (nSPS) is 12.6. The van der Waals surface area contributed by atoms with E-state index in [1.54, 1.807) is 11.3 Å². The minimum atomic E-state index is 0.0735. The summed E-state index contributed by atoms with van der Waals surface area (Å²) in [7, 11) is 0. The highest BCUT2D eigenvalue weighted by atomic mass is 32.1. The molecule has 0 saturated carbocycles. The summed E-state index contributed by atoms with van der Waals surface area (Å²) in [4.78, 5) is 16.1. The number of nitrogens with zero attached hydrogens (tertiary/aromatic N) is 1. The molecule has 0 radical (unpaired) electrons. The first kappa shape index (κ1) is 12.0. The van der Waals surface area contributed by atoms with Gasteiger partial charge in [0.2, 0.25) is 5.91 Å². The third-order valence-electron chi connectivity index (χ3n) is 2.81. The number of aromatic nitrogens is 1. The standard InChI is InChI=1S/C13H16N2OS/c1-3-9(2)13(16)14-8-12-15-10-6-4-5-7-11(10)17-12/h4-7,9H,3,8H2,1-2H3,(H,14,16)/t9-/m1/s1. The van der Waals surface area contributed by atoms with Crippen LogP contribution in [0.3, 0.4) is 0 Å². The van der Waals surface area contributed by atoms with Crippen molar-refractivity contribution in [2.45, 2.75) is 26.8 Å². The number of hydrogen-bond acceptors (Lipinski definition) is 3. The lowest BCUT2D eigenvalue weighted by Crippen LogP contribution is -2.28. The van der Waals surface area contributed by atoms with Crippen molar-refractivity contribution in [1.82, 2.24) is 10.3 Å². The number of hydrogen-bond donors (Lipinski definition) is 1. The number of rotatable bonds is 4. The van der Waals surface area contributed by atoms with Crippen molar-refractivity contribution < 1.29 is 4.79 Å². The van der Waals surface area contributed by atoms with Gasteiger partial charge in [0.15, 0.2) is 0 Å². The van der Waals surface area contributed by atoms with Gasteiger partial charge in [0, 0.05) is 5.92 Å². The van der Waals surface area contributed by atoms with Crippen LogP contribution in [0.4, 0.5) is 0 Å². The van der Waals surface area contributed by atoms with Gasteiger partial charge in [0.05, 0.1) is 16.8 Å². The molecule has 1 heterocycles. The van der Waals surface area contributed by atoms with Crippen LogP contribution in [0.2, 0.25) is 0 Å².